The number of piperidine rings is 1. The number of rotatable bonds is 7. The zero-order valence-corrected chi connectivity index (χ0v) is 17.7. The second-order valence-electron chi connectivity index (χ2n) is 6.99. The van der Waals surface area contributed by atoms with Gasteiger partial charge in [0.15, 0.2) is 0 Å². The molecule has 0 unspecified atom stereocenters. The SMILES string of the molecule is Cc1ccc(CSCC(=O)Nc2ccccc2S(=O)(=O)N2CCCCC2)cc1. The smallest absolute Gasteiger partial charge is 0.245 e. The number of anilines is 1. The van der Waals surface area contributed by atoms with E-state index < -0.39 is 10.0 Å². The number of sulfonamides is 1. The lowest BCUT2D eigenvalue weighted by atomic mass is 10.2. The lowest BCUT2D eigenvalue weighted by Crippen LogP contribution is -2.36. The van der Waals surface area contributed by atoms with E-state index in [2.05, 4.69) is 29.6 Å². The maximum absolute atomic E-state index is 13.0. The van der Waals surface area contributed by atoms with Gasteiger partial charge in [0.2, 0.25) is 15.9 Å². The molecule has 28 heavy (non-hydrogen) atoms. The van der Waals surface area contributed by atoms with Crippen LogP contribution in [-0.2, 0) is 20.6 Å². The van der Waals surface area contributed by atoms with Crippen molar-refractivity contribution in [3.8, 4) is 0 Å². The van der Waals surface area contributed by atoms with Crippen molar-refractivity contribution < 1.29 is 13.2 Å². The first-order valence-corrected chi connectivity index (χ1v) is 12.1. The summed E-state index contributed by atoms with van der Waals surface area (Å²) >= 11 is 1.51. The fraction of sp³-hybridized carbons (Fsp3) is 0.381. The van der Waals surface area contributed by atoms with E-state index >= 15 is 0 Å². The molecule has 7 heteroatoms. The van der Waals surface area contributed by atoms with Crippen molar-refractivity contribution in [2.75, 3.05) is 24.2 Å². The second-order valence-corrected chi connectivity index (χ2v) is 9.88. The average molecular weight is 419 g/mol. The summed E-state index contributed by atoms with van der Waals surface area (Å²) < 4.78 is 27.5. The van der Waals surface area contributed by atoms with Gasteiger partial charge in [-0.3, -0.25) is 4.79 Å². The number of hydrogen-bond acceptors (Lipinski definition) is 4. The van der Waals surface area contributed by atoms with Crippen molar-refractivity contribution in [3.63, 3.8) is 0 Å². The highest BCUT2D eigenvalue weighted by Crippen LogP contribution is 2.27. The third-order valence-corrected chi connectivity index (χ3v) is 7.68. The van der Waals surface area contributed by atoms with Crippen molar-refractivity contribution in [2.45, 2.75) is 36.8 Å². The molecule has 150 valence electrons. The van der Waals surface area contributed by atoms with Crippen LogP contribution < -0.4 is 5.32 Å². The lowest BCUT2D eigenvalue weighted by molar-refractivity contribution is -0.113. The third-order valence-electron chi connectivity index (χ3n) is 4.72. The van der Waals surface area contributed by atoms with Crippen molar-refractivity contribution in [1.29, 1.82) is 0 Å². The third kappa shape index (κ3) is 5.37. The highest BCUT2D eigenvalue weighted by atomic mass is 32.2. The summed E-state index contributed by atoms with van der Waals surface area (Å²) in [5.74, 6) is 0.811. The molecular formula is C21H26N2O3S2. The maximum Gasteiger partial charge on any atom is 0.245 e. The number of aryl methyl sites for hydroxylation is 1. The Labute approximate surface area is 171 Å². The highest BCUT2D eigenvalue weighted by molar-refractivity contribution is 7.99. The van der Waals surface area contributed by atoms with Crippen LogP contribution in [-0.4, -0.2) is 37.5 Å². The molecule has 0 bridgehead atoms. The van der Waals surface area contributed by atoms with Crippen LogP contribution in [0.25, 0.3) is 0 Å². The van der Waals surface area contributed by atoms with Crippen LogP contribution >= 0.6 is 11.8 Å². The van der Waals surface area contributed by atoms with Crippen LogP contribution in [0, 0.1) is 6.92 Å². The van der Waals surface area contributed by atoms with Crippen LogP contribution in [0.3, 0.4) is 0 Å². The van der Waals surface area contributed by atoms with E-state index in [0.717, 1.165) is 30.6 Å². The Balaban J connectivity index is 1.62. The molecule has 0 aromatic heterocycles. The van der Waals surface area contributed by atoms with Crippen LogP contribution in [0.15, 0.2) is 53.4 Å². The molecule has 0 saturated carbocycles. The van der Waals surface area contributed by atoms with Crippen LogP contribution in [0.1, 0.15) is 30.4 Å². The molecule has 1 aliphatic heterocycles. The van der Waals surface area contributed by atoms with Crippen LogP contribution in [0.5, 0.6) is 0 Å². The fourth-order valence-corrected chi connectivity index (χ4v) is 5.62. The van der Waals surface area contributed by atoms with Crippen molar-refractivity contribution >= 4 is 33.4 Å². The van der Waals surface area contributed by atoms with E-state index in [0.29, 0.717) is 18.8 Å². The van der Waals surface area contributed by atoms with Gasteiger partial charge in [0.05, 0.1) is 11.4 Å². The number of para-hydroxylation sites is 1. The number of benzene rings is 2. The molecule has 1 saturated heterocycles. The van der Waals surface area contributed by atoms with Gasteiger partial charge in [0.1, 0.15) is 4.90 Å². The number of carbonyl (C=O) groups excluding carboxylic acids is 1. The summed E-state index contributed by atoms with van der Waals surface area (Å²) in [5, 5.41) is 2.79. The van der Waals surface area contributed by atoms with Gasteiger partial charge in [-0.25, -0.2) is 8.42 Å². The van der Waals surface area contributed by atoms with Gasteiger partial charge >= 0.3 is 0 Å². The van der Waals surface area contributed by atoms with E-state index in [1.165, 1.54) is 21.6 Å². The minimum Gasteiger partial charge on any atom is -0.324 e. The minimum absolute atomic E-state index is 0.175. The molecule has 0 atom stereocenters. The Bertz CT molecular complexity index is 906. The lowest BCUT2D eigenvalue weighted by Gasteiger charge is -2.26. The number of thioether (sulfide) groups is 1. The van der Waals surface area contributed by atoms with Gasteiger partial charge in [-0.15, -0.1) is 11.8 Å². The van der Waals surface area contributed by atoms with Crippen LogP contribution in [0.4, 0.5) is 5.69 Å². The molecule has 0 spiro atoms. The highest BCUT2D eigenvalue weighted by Gasteiger charge is 2.28. The summed E-state index contributed by atoms with van der Waals surface area (Å²) in [6.45, 7) is 3.12. The first-order chi connectivity index (χ1) is 13.5. The Morgan fingerprint density at radius 3 is 2.43 bits per heavy atom. The maximum atomic E-state index is 13.0. The zero-order chi connectivity index (χ0) is 20.0. The second kappa shape index (κ2) is 9.58. The molecule has 3 rings (SSSR count). The van der Waals surface area contributed by atoms with Crippen molar-refractivity contribution in [2.24, 2.45) is 0 Å². The molecule has 1 N–H and O–H groups in total. The molecule has 1 aliphatic rings. The molecule has 2 aromatic rings. The average Bonchev–Trinajstić information content (AvgIpc) is 2.70. The topological polar surface area (TPSA) is 66.5 Å². The monoisotopic (exact) mass is 418 g/mol. The van der Waals surface area contributed by atoms with Gasteiger partial charge in [-0.2, -0.15) is 4.31 Å². The first kappa shape index (κ1) is 20.9. The number of nitrogens with zero attached hydrogens (tertiary/aromatic N) is 1. The van der Waals surface area contributed by atoms with Crippen LogP contribution in [0.2, 0.25) is 0 Å². The van der Waals surface area contributed by atoms with Gasteiger partial charge in [-0.05, 0) is 37.5 Å². The van der Waals surface area contributed by atoms with Crippen molar-refractivity contribution in [1.82, 2.24) is 4.31 Å². The molecule has 0 aliphatic carbocycles. The zero-order valence-electron chi connectivity index (χ0n) is 16.1. The largest absolute Gasteiger partial charge is 0.324 e. The van der Waals surface area contributed by atoms with Gasteiger partial charge < -0.3 is 5.32 Å². The summed E-state index contributed by atoms with van der Waals surface area (Å²) in [7, 11) is -3.59. The quantitative estimate of drug-likeness (QED) is 0.737. The summed E-state index contributed by atoms with van der Waals surface area (Å²) in [6, 6.07) is 14.9. The van der Waals surface area contributed by atoms with Gasteiger partial charge in [-0.1, -0.05) is 48.4 Å². The minimum atomic E-state index is -3.59. The summed E-state index contributed by atoms with van der Waals surface area (Å²) in [4.78, 5) is 12.5. The Morgan fingerprint density at radius 1 is 1.04 bits per heavy atom. The number of hydrogen-bond donors (Lipinski definition) is 1. The fourth-order valence-electron chi connectivity index (χ4n) is 3.17. The van der Waals surface area contributed by atoms with E-state index in [4.69, 9.17) is 0 Å². The molecule has 1 heterocycles. The Hall–Kier alpha value is -1.83. The van der Waals surface area contributed by atoms with E-state index in [1.807, 2.05) is 6.92 Å². The number of amides is 1. The molecular weight excluding hydrogens is 392 g/mol. The summed E-state index contributed by atoms with van der Waals surface area (Å²) in [6.07, 6.45) is 2.81. The molecule has 0 radical (unpaired) electrons. The number of carbonyl (C=O) groups is 1. The normalized spacial score (nSPS) is 15.3. The molecule has 5 nitrogen and oxygen atoms in total. The van der Waals surface area contributed by atoms with Gasteiger partial charge in [0, 0.05) is 18.8 Å². The van der Waals surface area contributed by atoms with Crippen molar-refractivity contribution in [3.05, 3.63) is 59.7 Å². The molecule has 1 amide bonds. The van der Waals surface area contributed by atoms with E-state index in [-0.39, 0.29) is 16.6 Å². The van der Waals surface area contributed by atoms with E-state index in [1.54, 1.807) is 24.3 Å². The Kier molecular flexibility index (Phi) is 7.15. The predicted octanol–water partition coefficient (Wildman–Crippen LogP) is 4.04. The Morgan fingerprint density at radius 2 is 1.71 bits per heavy atom. The molecule has 2 aromatic carbocycles. The van der Waals surface area contributed by atoms with Gasteiger partial charge in [0.25, 0.3) is 0 Å². The summed E-state index contributed by atoms with van der Waals surface area (Å²) in [5.41, 5.74) is 2.73. The predicted molar refractivity (Wildman–Crippen MR) is 115 cm³/mol. The first-order valence-electron chi connectivity index (χ1n) is 9.49. The molecule has 1 fully saturated rings. The number of nitrogens with one attached hydrogen (secondary N) is 1. The standard InChI is InChI=1S/C21H26N2O3S2/c1-17-9-11-18(12-10-17)15-27-16-21(24)22-19-7-3-4-8-20(19)28(25,26)23-13-5-2-6-14-23/h3-4,7-12H,2,5-6,13-16H2,1H3,(H,22,24). The van der Waals surface area contributed by atoms with E-state index in [9.17, 15) is 13.2 Å².